The molecule has 150 valence electrons. The Labute approximate surface area is 165 Å². The number of aromatic nitrogens is 2. The fourth-order valence-electron chi connectivity index (χ4n) is 3.55. The van der Waals surface area contributed by atoms with E-state index in [9.17, 15) is 9.59 Å². The summed E-state index contributed by atoms with van der Waals surface area (Å²) in [6.07, 6.45) is 7.21. The Bertz CT molecular complexity index is 765. The van der Waals surface area contributed by atoms with Gasteiger partial charge in [-0.1, -0.05) is 30.3 Å². The van der Waals surface area contributed by atoms with Gasteiger partial charge < -0.3 is 20.3 Å². The second kappa shape index (κ2) is 9.92. The van der Waals surface area contributed by atoms with Crippen molar-refractivity contribution in [2.45, 2.75) is 57.5 Å². The summed E-state index contributed by atoms with van der Waals surface area (Å²) in [5, 5.41) is 14.7. The highest BCUT2D eigenvalue weighted by atomic mass is 16.4. The first kappa shape index (κ1) is 19.9. The van der Waals surface area contributed by atoms with E-state index in [1.807, 2.05) is 30.3 Å². The molecule has 1 aromatic carbocycles. The van der Waals surface area contributed by atoms with Crippen molar-refractivity contribution in [3.05, 3.63) is 53.6 Å². The number of aliphatic carboxylic acids is 1. The normalized spacial score (nSPS) is 14.1. The van der Waals surface area contributed by atoms with Gasteiger partial charge in [-0.05, 0) is 31.2 Å². The number of carboxylic acids is 1. The molecular formula is C21H28N4O3. The molecule has 0 saturated heterocycles. The molecule has 1 aliphatic rings. The topological polar surface area (TPSA) is 96.3 Å². The smallest absolute Gasteiger partial charge is 0.315 e. The molecule has 0 bridgehead atoms. The standard InChI is InChI=1S/C21H28N4O3/c26-20(27)10-9-17(14-16-6-2-1-3-7-16)24-21(28)22-12-11-18-15-25-13-5-4-8-19(25)23-18/h1-3,6-7,15,17H,4-5,8-14H2,(H,26,27)(H2,22,24,28). The third-order valence-electron chi connectivity index (χ3n) is 4.99. The molecule has 2 heterocycles. The van der Waals surface area contributed by atoms with Gasteiger partial charge in [0.2, 0.25) is 0 Å². The number of fused-ring (bicyclic) bond motifs is 1. The number of rotatable bonds is 9. The number of carbonyl (C=O) groups is 2. The van der Waals surface area contributed by atoms with Crippen LogP contribution >= 0.6 is 0 Å². The number of imidazole rings is 1. The Hall–Kier alpha value is -2.83. The van der Waals surface area contributed by atoms with E-state index in [-0.39, 0.29) is 18.5 Å². The van der Waals surface area contributed by atoms with Crippen LogP contribution in [0.2, 0.25) is 0 Å². The largest absolute Gasteiger partial charge is 0.481 e. The van der Waals surface area contributed by atoms with Gasteiger partial charge in [0.15, 0.2) is 0 Å². The summed E-state index contributed by atoms with van der Waals surface area (Å²) in [6, 6.07) is 9.28. The highest BCUT2D eigenvalue weighted by molar-refractivity contribution is 5.74. The van der Waals surface area contributed by atoms with Gasteiger partial charge in [0.05, 0.1) is 5.69 Å². The van der Waals surface area contributed by atoms with Gasteiger partial charge in [0.1, 0.15) is 5.82 Å². The van der Waals surface area contributed by atoms with Crippen molar-refractivity contribution in [3.63, 3.8) is 0 Å². The first-order chi connectivity index (χ1) is 13.6. The molecule has 7 nitrogen and oxygen atoms in total. The van der Waals surface area contributed by atoms with E-state index >= 15 is 0 Å². The van der Waals surface area contributed by atoms with Crippen LogP contribution in [-0.2, 0) is 30.6 Å². The predicted molar refractivity (Wildman–Crippen MR) is 106 cm³/mol. The first-order valence-corrected chi connectivity index (χ1v) is 9.95. The lowest BCUT2D eigenvalue weighted by molar-refractivity contribution is -0.137. The molecule has 3 N–H and O–H groups in total. The average Bonchev–Trinajstić information content (AvgIpc) is 3.09. The lowest BCUT2D eigenvalue weighted by atomic mass is 10.0. The predicted octanol–water partition coefficient (Wildman–Crippen LogP) is 2.54. The molecule has 1 unspecified atom stereocenters. The summed E-state index contributed by atoms with van der Waals surface area (Å²) in [4.78, 5) is 27.8. The minimum Gasteiger partial charge on any atom is -0.481 e. The summed E-state index contributed by atoms with van der Waals surface area (Å²) in [6.45, 7) is 1.53. The van der Waals surface area contributed by atoms with E-state index in [1.54, 1.807) is 0 Å². The molecule has 2 amide bonds. The van der Waals surface area contributed by atoms with Crippen LogP contribution in [0.3, 0.4) is 0 Å². The number of carbonyl (C=O) groups excluding carboxylic acids is 1. The second-order valence-electron chi connectivity index (χ2n) is 7.27. The lowest BCUT2D eigenvalue weighted by Gasteiger charge is -2.18. The number of nitrogens with zero attached hydrogens (tertiary/aromatic N) is 2. The van der Waals surface area contributed by atoms with Crippen LogP contribution in [0.4, 0.5) is 4.79 Å². The zero-order valence-electron chi connectivity index (χ0n) is 16.1. The molecule has 0 aliphatic carbocycles. The Morgan fingerprint density at radius 2 is 2.04 bits per heavy atom. The maximum absolute atomic E-state index is 12.3. The number of urea groups is 1. The van der Waals surface area contributed by atoms with Crippen LogP contribution in [-0.4, -0.2) is 39.2 Å². The average molecular weight is 384 g/mol. The van der Waals surface area contributed by atoms with Crippen LogP contribution < -0.4 is 10.6 Å². The summed E-state index contributed by atoms with van der Waals surface area (Å²) < 4.78 is 2.21. The van der Waals surface area contributed by atoms with Crippen LogP contribution in [0.1, 0.15) is 42.8 Å². The SMILES string of the molecule is O=C(O)CCC(Cc1ccccc1)NC(=O)NCCc1cn2c(n1)CCCC2. The highest BCUT2D eigenvalue weighted by Gasteiger charge is 2.15. The molecule has 0 radical (unpaired) electrons. The van der Waals surface area contributed by atoms with Gasteiger partial charge >= 0.3 is 12.0 Å². The van der Waals surface area contributed by atoms with Crippen molar-refractivity contribution in [2.75, 3.05) is 6.54 Å². The molecule has 3 rings (SSSR count). The molecule has 0 saturated carbocycles. The molecule has 1 aromatic heterocycles. The summed E-state index contributed by atoms with van der Waals surface area (Å²) in [7, 11) is 0. The third kappa shape index (κ3) is 6.11. The highest BCUT2D eigenvalue weighted by Crippen LogP contribution is 2.14. The Morgan fingerprint density at radius 1 is 1.21 bits per heavy atom. The van der Waals surface area contributed by atoms with Gasteiger partial charge in [-0.3, -0.25) is 4.79 Å². The molecular weight excluding hydrogens is 356 g/mol. The van der Waals surface area contributed by atoms with Crippen LogP contribution in [0.15, 0.2) is 36.5 Å². The van der Waals surface area contributed by atoms with E-state index < -0.39 is 5.97 Å². The van der Waals surface area contributed by atoms with Crippen molar-refractivity contribution < 1.29 is 14.7 Å². The van der Waals surface area contributed by atoms with E-state index in [0.29, 0.717) is 25.8 Å². The van der Waals surface area contributed by atoms with Gasteiger partial charge in [-0.2, -0.15) is 0 Å². The van der Waals surface area contributed by atoms with Gasteiger partial charge in [0.25, 0.3) is 0 Å². The molecule has 2 aromatic rings. The van der Waals surface area contributed by atoms with Gasteiger partial charge in [0, 0.05) is 44.6 Å². The van der Waals surface area contributed by atoms with Crippen molar-refractivity contribution in [1.29, 1.82) is 0 Å². The molecule has 1 atom stereocenters. The number of benzene rings is 1. The number of aryl methyl sites for hydroxylation is 2. The quantitative estimate of drug-likeness (QED) is 0.619. The minimum atomic E-state index is -0.857. The zero-order chi connectivity index (χ0) is 19.8. The van der Waals surface area contributed by atoms with E-state index in [2.05, 4.69) is 26.4 Å². The fourth-order valence-corrected chi connectivity index (χ4v) is 3.55. The number of amides is 2. The lowest BCUT2D eigenvalue weighted by Crippen LogP contribution is -2.44. The molecule has 0 spiro atoms. The molecule has 7 heteroatoms. The van der Waals surface area contributed by atoms with Crippen LogP contribution in [0.25, 0.3) is 0 Å². The van der Waals surface area contributed by atoms with Crippen LogP contribution in [0, 0.1) is 0 Å². The Balaban J connectivity index is 1.46. The van der Waals surface area contributed by atoms with Crippen LogP contribution in [0.5, 0.6) is 0 Å². The summed E-state index contributed by atoms with van der Waals surface area (Å²) in [5.74, 6) is 0.284. The van der Waals surface area contributed by atoms with Crippen molar-refractivity contribution in [3.8, 4) is 0 Å². The summed E-state index contributed by atoms with van der Waals surface area (Å²) in [5.41, 5.74) is 2.07. The molecule has 1 aliphatic heterocycles. The van der Waals surface area contributed by atoms with E-state index in [1.165, 1.54) is 12.8 Å². The minimum absolute atomic E-state index is 0.0258. The summed E-state index contributed by atoms with van der Waals surface area (Å²) >= 11 is 0. The number of hydrogen-bond donors (Lipinski definition) is 3. The maximum Gasteiger partial charge on any atom is 0.315 e. The van der Waals surface area contributed by atoms with E-state index in [4.69, 9.17) is 5.11 Å². The fraction of sp³-hybridized carbons (Fsp3) is 0.476. The van der Waals surface area contributed by atoms with Gasteiger partial charge in [-0.25, -0.2) is 9.78 Å². The number of nitrogens with one attached hydrogen (secondary N) is 2. The van der Waals surface area contributed by atoms with E-state index in [0.717, 1.165) is 30.0 Å². The second-order valence-corrected chi connectivity index (χ2v) is 7.27. The monoisotopic (exact) mass is 384 g/mol. The number of hydrogen-bond acceptors (Lipinski definition) is 3. The molecule has 0 fully saturated rings. The Kier molecular flexibility index (Phi) is 7.06. The zero-order valence-corrected chi connectivity index (χ0v) is 16.1. The van der Waals surface area contributed by atoms with Crippen molar-refractivity contribution >= 4 is 12.0 Å². The third-order valence-corrected chi connectivity index (χ3v) is 4.99. The van der Waals surface area contributed by atoms with Crippen molar-refractivity contribution in [1.82, 2.24) is 20.2 Å². The van der Waals surface area contributed by atoms with Gasteiger partial charge in [-0.15, -0.1) is 0 Å². The van der Waals surface area contributed by atoms with Crippen molar-refractivity contribution in [2.24, 2.45) is 0 Å². The first-order valence-electron chi connectivity index (χ1n) is 9.95. The molecule has 28 heavy (non-hydrogen) atoms. The number of carboxylic acid groups (broad SMARTS) is 1. The Morgan fingerprint density at radius 3 is 2.79 bits per heavy atom. The maximum atomic E-state index is 12.3.